The van der Waals surface area contributed by atoms with Gasteiger partial charge >= 0.3 is 0 Å². The van der Waals surface area contributed by atoms with Crippen LogP contribution in [0.3, 0.4) is 0 Å². The van der Waals surface area contributed by atoms with Crippen LogP contribution in [0.25, 0.3) is 10.8 Å². The molecule has 4 nitrogen and oxygen atoms in total. The van der Waals surface area contributed by atoms with Gasteiger partial charge in [0.2, 0.25) is 0 Å². The van der Waals surface area contributed by atoms with E-state index in [-0.39, 0.29) is 5.84 Å². The summed E-state index contributed by atoms with van der Waals surface area (Å²) in [5.41, 5.74) is 6.08. The molecule has 0 aliphatic carbocycles. The van der Waals surface area contributed by atoms with Crippen LogP contribution in [0, 0.1) is 5.41 Å². The van der Waals surface area contributed by atoms with Gasteiger partial charge in [0.15, 0.2) is 5.75 Å². The third kappa shape index (κ3) is 2.60. The van der Waals surface area contributed by atoms with Crippen LogP contribution in [0.2, 0.25) is 0 Å². The monoisotopic (exact) mass is 341 g/mol. The van der Waals surface area contributed by atoms with Crippen molar-refractivity contribution >= 4 is 32.5 Å². The number of hydrogen-bond acceptors (Lipinski definition) is 3. The van der Waals surface area contributed by atoms with Gasteiger partial charge in [0.25, 0.3) is 0 Å². The number of aromatic nitrogens is 1. The van der Waals surface area contributed by atoms with Gasteiger partial charge in [-0.25, -0.2) is 0 Å². The number of pyridine rings is 1. The van der Waals surface area contributed by atoms with Crippen molar-refractivity contribution < 1.29 is 4.74 Å². The molecular formula is C16H12BrN3O. The quantitative estimate of drug-likeness (QED) is 0.557. The van der Waals surface area contributed by atoms with Gasteiger partial charge in [-0.3, -0.25) is 10.4 Å². The number of nitrogen functional groups attached to an aromatic ring is 1. The van der Waals surface area contributed by atoms with E-state index in [2.05, 4.69) is 20.9 Å². The molecule has 0 saturated heterocycles. The fourth-order valence-corrected chi connectivity index (χ4v) is 2.67. The number of halogens is 1. The smallest absolute Gasteiger partial charge is 0.156 e. The number of nitrogens with one attached hydrogen (secondary N) is 1. The lowest BCUT2D eigenvalue weighted by molar-refractivity contribution is 0.477. The van der Waals surface area contributed by atoms with E-state index in [0.717, 1.165) is 15.2 Å². The van der Waals surface area contributed by atoms with Crippen LogP contribution in [0.5, 0.6) is 11.5 Å². The van der Waals surface area contributed by atoms with Crippen LogP contribution in [0.1, 0.15) is 5.56 Å². The van der Waals surface area contributed by atoms with Crippen LogP contribution >= 0.6 is 15.9 Å². The summed E-state index contributed by atoms with van der Waals surface area (Å²) in [6.45, 7) is 0. The van der Waals surface area contributed by atoms with Crippen molar-refractivity contribution in [1.82, 2.24) is 4.98 Å². The number of fused-ring (bicyclic) bond motifs is 1. The predicted molar refractivity (Wildman–Crippen MR) is 87.0 cm³/mol. The molecule has 0 atom stereocenters. The van der Waals surface area contributed by atoms with E-state index in [1.165, 1.54) is 0 Å². The van der Waals surface area contributed by atoms with Crippen LogP contribution in [-0.2, 0) is 0 Å². The molecule has 0 unspecified atom stereocenters. The van der Waals surface area contributed by atoms with Crippen molar-refractivity contribution in [2.75, 3.05) is 0 Å². The van der Waals surface area contributed by atoms with E-state index in [9.17, 15) is 0 Å². The summed E-state index contributed by atoms with van der Waals surface area (Å²) in [5, 5.41) is 9.76. The normalized spacial score (nSPS) is 10.5. The Morgan fingerprint density at radius 2 is 1.90 bits per heavy atom. The van der Waals surface area contributed by atoms with Crippen LogP contribution in [-0.4, -0.2) is 10.8 Å². The van der Waals surface area contributed by atoms with E-state index in [1.807, 2.05) is 36.4 Å². The molecule has 3 N–H and O–H groups in total. The number of nitrogens with two attached hydrogens (primary N) is 1. The van der Waals surface area contributed by atoms with Gasteiger partial charge in [-0.05, 0) is 38.8 Å². The lowest BCUT2D eigenvalue weighted by Gasteiger charge is -2.12. The molecule has 0 saturated carbocycles. The summed E-state index contributed by atoms with van der Waals surface area (Å²) in [6, 6.07) is 13.5. The maximum atomic E-state index is 7.59. The average molecular weight is 342 g/mol. The van der Waals surface area contributed by atoms with Gasteiger partial charge in [0.05, 0.1) is 16.2 Å². The van der Waals surface area contributed by atoms with E-state index >= 15 is 0 Å². The largest absolute Gasteiger partial charge is 0.454 e. The topological polar surface area (TPSA) is 72.0 Å². The molecule has 3 rings (SSSR count). The first-order valence-corrected chi connectivity index (χ1v) is 7.09. The van der Waals surface area contributed by atoms with Crippen molar-refractivity contribution in [3.8, 4) is 11.5 Å². The Morgan fingerprint density at radius 3 is 2.71 bits per heavy atom. The maximum Gasteiger partial charge on any atom is 0.156 e. The fourth-order valence-electron chi connectivity index (χ4n) is 2.09. The highest BCUT2D eigenvalue weighted by molar-refractivity contribution is 9.10. The van der Waals surface area contributed by atoms with E-state index in [1.54, 1.807) is 18.5 Å². The number of nitrogens with zero attached hydrogens (tertiary/aromatic N) is 1. The number of benzene rings is 2. The Bertz CT molecular complexity index is 833. The molecule has 0 aliphatic heterocycles. The Balaban J connectivity index is 2.07. The van der Waals surface area contributed by atoms with Gasteiger partial charge in [-0.1, -0.05) is 30.3 Å². The SMILES string of the molecule is N=C(N)c1ccncc1Oc1ccc2ccccc2c1Br. The molecule has 0 bridgehead atoms. The average Bonchev–Trinajstić information content (AvgIpc) is 2.51. The molecule has 3 aromatic rings. The Morgan fingerprint density at radius 1 is 1.10 bits per heavy atom. The molecule has 104 valence electrons. The highest BCUT2D eigenvalue weighted by Gasteiger charge is 2.11. The minimum absolute atomic E-state index is 0.0516. The van der Waals surface area contributed by atoms with Crippen LogP contribution < -0.4 is 10.5 Å². The summed E-state index contributed by atoms with van der Waals surface area (Å²) in [4.78, 5) is 4.02. The van der Waals surface area contributed by atoms with E-state index in [4.69, 9.17) is 15.9 Å². The highest BCUT2D eigenvalue weighted by atomic mass is 79.9. The van der Waals surface area contributed by atoms with Gasteiger partial charge < -0.3 is 10.5 Å². The fraction of sp³-hybridized carbons (Fsp3) is 0. The summed E-state index contributed by atoms with van der Waals surface area (Å²) >= 11 is 3.57. The molecule has 0 amide bonds. The second kappa shape index (κ2) is 5.54. The third-order valence-corrected chi connectivity index (χ3v) is 3.94. The molecule has 5 heteroatoms. The van der Waals surface area contributed by atoms with Crippen molar-refractivity contribution in [2.24, 2.45) is 5.73 Å². The second-order valence-electron chi connectivity index (χ2n) is 4.49. The maximum absolute atomic E-state index is 7.59. The molecule has 1 aromatic heterocycles. The minimum atomic E-state index is -0.0516. The first-order chi connectivity index (χ1) is 10.2. The van der Waals surface area contributed by atoms with Gasteiger partial charge in [0.1, 0.15) is 11.6 Å². The number of ether oxygens (including phenoxy) is 1. The predicted octanol–water partition coefficient (Wildman–Crippen LogP) is 4.07. The summed E-state index contributed by atoms with van der Waals surface area (Å²) in [7, 11) is 0. The van der Waals surface area contributed by atoms with Gasteiger partial charge in [-0.15, -0.1) is 0 Å². The molecule has 0 spiro atoms. The van der Waals surface area contributed by atoms with E-state index in [0.29, 0.717) is 17.1 Å². The first-order valence-electron chi connectivity index (χ1n) is 6.30. The minimum Gasteiger partial charge on any atom is -0.454 e. The molecular weight excluding hydrogens is 330 g/mol. The molecule has 1 heterocycles. The van der Waals surface area contributed by atoms with E-state index < -0.39 is 0 Å². The van der Waals surface area contributed by atoms with Crippen LogP contribution in [0.4, 0.5) is 0 Å². The lowest BCUT2D eigenvalue weighted by Crippen LogP contribution is -2.12. The number of rotatable bonds is 3. The third-order valence-electron chi connectivity index (χ3n) is 3.12. The van der Waals surface area contributed by atoms with Crippen molar-refractivity contribution in [1.29, 1.82) is 5.41 Å². The zero-order chi connectivity index (χ0) is 14.8. The Hall–Kier alpha value is -2.40. The lowest BCUT2D eigenvalue weighted by atomic mass is 10.1. The standard InChI is InChI=1S/C16H12BrN3O/c17-15-11-4-2-1-3-10(11)5-6-13(15)21-14-9-20-8-7-12(14)16(18)19/h1-9H,(H3,18,19). The Kier molecular flexibility index (Phi) is 3.58. The second-order valence-corrected chi connectivity index (χ2v) is 5.28. The first kappa shape index (κ1) is 13.6. The summed E-state index contributed by atoms with van der Waals surface area (Å²) in [5.74, 6) is 1.06. The zero-order valence-electron chi connectivity index (χ0n) is 11.0. The summed E-state index contributed by atoms with van der Waals surface area (Å²) < 4.78 is 6.74. The molecule has 0 radical (unpaired) electrons. The van der Waals surface area contributed by atoms with Crippen molar-refractivity contribution in [2.45, 2.75) is 0 Å². The summed E-state index contributed by atoms with van der Waals surface area (Å²) in [6.07, 6.45) is 3.14. The molecule has 2 aromatic carbocycles. The molecule has 0 fully saturated rings. The molecule has 0 aliphatic rings. The molecule has 21 heavy (non-hydrogen) atoms. The van der Waals surface area contributed by atoms with Crippen molar-refractivity contribution in [3.63, 3.8) is 0 Å². The number of hydrogen-bond donors (Lipinski definition) is 2. The van der Waals surface area contributed by atoms with Crippen molar-refractivity contribution in [3.05, 3.63) is 64.9 Å². The Labute approximate surface area is 130 Å². The van der Waals surface area contributed by atoms with Gasteiger partial charge in [-0.2, -0.15) is 0 Å². The van der Waals surface area contributed by atoms with Crippen LogP contribution in [0.15, 0.2) is 59.3 Å². The number of amidine groups is 1. The van der Waals surface area contributed by atoms with Gasteiger partial charge in [0, 0.05) is 6.20 Å². The zero-order valence-corrected chi connectivity index (χ0v) is 12.6. The highest BCUT2D eigenvalue weighted by Crippen LogP contribution is 2.36.